The van der Waals surface area contributed by atoms with Gasteiger partial charge in [-0.25, -0.2) is 0 Å². The highest BCUT2D eigenvalue weighted by Gasteiger charge is 1.96. The molecule has 1 aromatic rings. The molecule has 0 unspecified atom stereocenters. The van der Waals surface area contributed by atoms with Crippen LogP contribution in [0.4, 0.5) is 5.69 Å². The zero-order valence-corrected chi connectivity index (χ0v) is 7.75. The molecule has 0 atom stereocenters. The van der Waals surface area contributed by atoms with Gasteiger partial charge in [0.25, 0.3) is 0 Å². The maximum atomic E-state index is 4.30. The predicted molar refractivity (Wildman–Crippen MR) is 54.3 cm³/mol. The monoisotopic (exact) mass is 161 g/mol. The van der Waals surface area contributed by atoms with E-state index in [1.54, 1.807) is 0 Å². The van der Waals surface area contributed by atoms with Crippen molar-refractivity contribution < 1.29 is 0 Å². The summed E-state index contributed by atoms with van der Waals surface area (Å²) in [5.41, 5.74) is 2.46. The molecule has 0 aliphatic carbocycles. The summed E-state index contributed by atoms with van der Waals surface area (Å²) in [6.45, 7) is 4.13. The second-order valence-corrected chi connectivity index (χ2v) is 2.77. The first kappa shape index (κ1) is 8.98. The molecule has 0 spiro atoms. The van der Waals surface area contributed by atoms with Crippen molar-refractivity contribution in [3.05, 3.63) is 29.8 Å². The molecule has 1 nitrogen and oxygen atoms in total. The summed E-state index contributed by atoms with van der Waals surface area (Å²) in [6.07, 6.45) is 4.14. The lowest BCUT2D eigenvalue weighted by molar-refractivity contribution is 0.922. The summed E-state index contributed by atoms with van der Waals surface area (Å²) >= 11 is 0. The highest BCUT2D eigenvalue weighted by atomic mass is 14.7. The molecule has 1 aromatic carbocycles. The number of benzene rings is 1. The summed E-state index contributed by atoms with van der Waals surface area (Å²) < 4.78 is 0. The van der Waals surface area contributed by atoms with Crippen molar-refractivity contribution >= 4 is 11.9 Å². The third kappa shape index (κ3) is 2.19. The van der Waals surface area contributed by atoms with E-state index >= 15 is 0 Å². The van der Waals surface area contributed by atoms with Gasteiger partial charge >= 0.3 is 0 Å². The van der Waals surface area contributed by atoms with Crippen LogP contribution < -0.4 is 0 Å². The molecule has 64 valence electrons. The van der Waals surface area contributed by atoms with Crippen LogP contribution in [0.25, 0.3) is 0 Å². The van der Waals surface area contributed by atoms with Crippen LogP contribution in [0.3, 0.4) is 0 Å². The van der Waals surface area contributed by atoms with Gasteiger partial charge in [0.2, 0.25) is 0 Å². The summed E-state index contributed by atoms with van der Waals surface area (Å²) in [5.74, 6) is 0. The Hall–Kier alpha value is -1.11. The molecule has 1 rings (SSSR count). The van der Waals surface area contributed by atoms with Crippen molar-refractivity contribution in [2.45, 2.75) is 26.7 Å². The Bertz CT molecular complexity index is 263. The SMILES string of the molecule is CC=Nc1ccccc1CCC. The van der Waals surface area contributed by atoms with E-state index in [1.807, 2.05) is 19.2 Å². The van der Waals surface area contributed by atoms with Crippen molar-refractivity contribution in [2.75, 3.05) is 0 Å². The van der Waals surface area contributed by atoms with Crippen molar-refractivity contribution in [1.29, 1.82) is 0 Å². The Labute approximate surface area is 74.2 Å². The average molecular weight is 161 g/mol. The fraction of sp³-hybridized carbons (Fsp3) is 0.364. The van der Waals surface area contributed by atoms with E-state index in [9.17, 15) is 0 Å². The van der Waals surface area contributed by atoms with Crippen molar-refractivity contribution in [3.8, 4) is 0 Å². The van der Waals surface area contributed by atoms with Crippen LogP contribution in [-0.2, 0) is 6.42 Å². The summed E-state index contributed by atoms with van der Waals surface area (Å²) in [4.78, 5) is 4.30. The Kier molecular flexibility index (Phi) is 3.52. The summed E-state index contributed by atoms with van der Waals surface area (Å²) in [6, 6.07) is 8.30. The van der Waals surface area contributed by atoms with E-state index in [-0.39, 0.29) is 0 Å². The topological polar surface area (TPSA) is 12.4 Å². The van der Waals surface area contributed by atoms with E-state index in [4.69, 9.17) is 0 Å². The zero-order chi connectivity index (χ0) is 8.81. The predicted octanol–water partition coefficient (Wildman–Crippen LogP) is 3.36. The first-order valence-electron chi connectivity index (χ1n) is 4.45. The van der Waals surface area contributed by atoms with Gasteiger partial charge in [-0.3, -0.25) is 4.99 Å². The molecule has 0 heterocycles. The van der Waals surface area contributed by atoms with Gasteiger partial charge in [-0.2, -0.15) is 0 Å². The number of hydrogen-bond donors (Lipinski definition) is 0. The molecule has 12 heavy (non-hydrogen) atoms. The molecule has 0 aliphatic rings. The maximum Gasteiger partial charge on any atom is 0.0657 e. The Morgan fingerprint density at radius 1 is 1.33 bits per heavy atom. The number of nitrogens with zero attached hydrogens (tertiary/aromatic N) is 1. The first-order chi connectivity index (χ1) is 5.88. The van der Waals surface area contributed by atoms with Crippen LogP contribution in [0.1, 0.15) is 25.8 Å². The lowest BCUT2D eigenvalue weighted by Gasteiger charge is -2.01. The van der Waals surface area contributed by atoms with E-state index in [0.29, 0.717) is 0 Å². The number of hydrogen-bond acceptors (Lipinski definition) is 1. The minimum absolute atomic E-state index is 1.11. The fourth-order valence-electron chi connectivity index (χ4n) is 1.26. The molecule has 0 aromatic heterocycles. The third-order valence-electron chi connectivity index (χ3n) is 1.78. The Balaban J connectivity index is 2.91. The third-order valence-corrected chi connectivity index (χ3v) is 1.78. The molecular formula is C11H15N. The first-order valence-corrected chi connectivity index (χ1v) is 4.45. The van der Waals surface area contributed by atoms with Crippen LogP contribution in [0.2, 0.25) is 0 Å². The smallest absolute Gasteiger partial charge is 0.0657 e. The number of aryl methyl sites for hydroxylation is 1. The molecule has 0 N–H and O–H groups in total. The molecule has 1 heteroatoms. The van der Waals surface area contributed by atoms with Gasteiger partial charge < -0.3 is 0 Å². The lowest BCUT2D eigenvalue weighted by Crippen LogP contribution is -1.82. The largest absolute Gasteiger partial charge is 0.261 e. The van der Waals surface area contributed by atoms with Crippen molar-refractivity contribution in [3.63, 3.8) is 0 Å². The van der Waals surface area contributed by atoms with Crippen LogP contribution in [0, 0.1) is 0 Å². The highest BCUT2D eigenvalue weighted by molar-refractivity contribution is 5.62. The molecule has 0 saturated heterocycles. The fourth-order valence-corrected chi connectivity index (χ4v) is 1.26. The second kappa shape index (κ2) is 4.70. The molecule has 0 radical (unpaired) electrons. The Morgan fingerprint density at radius 2 is 2.08 bits per heavy atom. The van der Waals surface area contributed by atoms with Gasteiger partial charge in [0.05, 0.1) is 5.69 Å². The average Bonchev–Trinajstić information content (AvgIpc) is 2.09. The quantitative estimate of drug-likeness (QED) is 0.603. The number of aliphatic imine (C=N–C) groups is 1. The normalized spacial score (nSPS) is 10.8. The van der Waals surface area contributed by atoms with E-state index in [2.05, 4.69) is 30.1 Å². The van der Waals surface area contributed by atoms with Gasteiger partial charge in [0, 0.05) is 6.21 Å². The molecule has 0 saturated carbocycles. The second-order valence-electron chi connectivity index (χ2n) is 2.77. The number of para-hydroxylation sites is 1. The van der Waals surface area contributed by atoms with Gasteiger partial charge in [0.1, 0.15) is 0 Å². The van der Waals surface area contributed by atoms with Crippen molar-refractivity contribution in [2.24, 2.45) is 4.99 Å². The van der Waals surface area contributed by atoms with E-state index in [0.717, 1.165) is 12.1 Å². The minimum Gasteiger partial charge on any atom is -0.261 e. The van der Waals surface area contributed by atoms with Crippen LogP contribution in [-0.4, -0.2) is 6.21 Å². The van der Waals surface area contributed by atoms with Crippen molar-refractivity contribution in [1.82, 2.24) is 0 Å². The van der Waals surface area contributed by atoms with Gasteiger partial charge in [-0.1, -0.05) is 31.5 Å². The zero-order valence-electron chi connectivity index (χ0n) is 7.75. The van der Waals surface area contributed by atoms with Crippen LogP contribution >= 0.6 is 0 Å². The van der Waals surface area contributed by atoms with Gasteiger partial charge in [0.15, 0.2) is 0 Å². The maximum absolute atomic E-state index is 4.30. The summed E-state index contributed by atoms with van der Waals surface area (Å²) in [7, 11) is 0. The van der Waals surface area contributed by atoms with E-state index < -0.39 is 0 Å². The number of rotatable bonds is 3. The van der Waals surface area contributed by atoms with E-state index in [1.165, 1.54) is 12.0 Å². The Morgan fingerprint density at radius 3 is 2.75 bits per heavy atom. The standard InChI is InChI=1S/C11H15N/c1-3-7-10-8-5-6-9-11(10)12-4-2/h4-6,8-9H,3,7H2,1-2H3. The minimum atomic E-state index is 1.11. The van der Waals surface area contributed by atoms with Gasteiger partial charge in [-0.15, -0.1) is 0 Å². The summed E-state index contributed by atoms with van der Waals surface area (Å²) in [5, 5.41) is 0. The lowest BCUT2D eigenvalue weighted by atomic mass is 10.1. The van der Waals surface area contributed by atoms with Gasteiger partial charge in [-0.05, 0) is 25.0 Å². The highest BCUT2D eigenvalue weighted by Crippen LogP contribution is 2.19. The molecule has 0 amide bonds. The molecule has 0 aliphatic heterocycles. The molecule has 0 fully saturated rings. The van der Waals surface area contributed by atoms with Crippen LogP contribution in [0.5, 0.6) is 0 Å². The van der Waals surface area contributed by atoms with Crippen LogP contribution in [0.15, 0.2) is 29.3 Å². The molecule has 0 bridgehead atoms. The molecular weight excluding hydrogens is 146 g/mol.